The van der Waals surface area contributed by atoms with Gasteiger partial charge in [0.1, 0.15) is 0 Å². The largest absolute Gasteiger partial charge is 0.382 e. The third-order valence-electron chi connectivity index (χ3n) is 9.53. The number of rotatable bonds is 4. The molecule has 4 rings (SSSR count). The van der Waals surface area contributed by atoms with Crippen molar-refractivity contribution in [1.29, 1.82) is 0 Å². The molecule has 4 aliphatic rings. The number of carbonyl (C=O) groups is 2. The van der Waals surface area contributed by atoms with Crippen LogP contribution in [0.15, 0.2) is 34.6 Å². The molecule has 1 fully saturated rings. The van der Waals surface area contributed by atoms with Crippen molar-refractivity contribution >= 4 is 11.6 Å². The van der Waals surface area contributed by atoms with Gasteiger partial charge in [0, 0.05) is 29.2 Å². The quantitative estimate of drug-likeness (QED) is 0.503. The second-order valence-corrected chi connectivity index (χ2v) is 10.9. The Balaban J connectivity index is 1.70. The summed E-state index contributed by atoms with van der Waals surface area (Å²) in [5.41, 5.74) is 3.62. The molecular weight excluding hydrogens is 358 g/mol. The maximum absolute atomic E-state index is 13.6. The smallest absolute Gasteiger partial charge is 0.205 e. The van der Waals surface area contributed by atoms with Crippen LogP contribution in [0.3, 0.4) is 0 Å². The predicted octanol–water partition coefficient (Wildman–Crippen LogP) is 5.53. The van der Waals surface area contributed by atoms with Crippen LogP contribution in [-0.2, 0) is 9.59 Å². The summed E-state index contributed by atoms with van der Waals surface area (Å²) in [5.74, 6) is 1.14. The van der Waals surface area contributed by atoms with E-state index >= 15 is 0 Å². The van der Waals surface area contributed by atoms with Gasteiger partial charge in [-0.3, -0.25) is 9.59 Å². The van der Waals surface area contributed by atoms with Crippen LogP contribution in [0.4, 0.5) is 0 Å². The number of allylic oxidation sites excluding steroid dienone is 5. The van der Waals surface area contributed by atoms with E-state index in [0.717, 1.165) is 56.2 Å². The number of fused-ring (bicyclic) bond motifs is 4. The van der Waals surface area contributed by atoms with Gasteiger partial charge in [0.25, 0.3) is 0 Å². The summed E-state index contributed by atoms with van der Waals surface area (Å²) < 4.78 is 0. The highest BCUT2D eigenvalue weighted by molar-refractivity contribution is 6.23. The Morgan fingerprint density at radius 3 is 2.62 bits per heavy atom. The molecule has 0 spiro atoms. The van der Waals surface area contributed by atoms with Gasteiger partial charge in [0.15, 0.2) is 5.78 Å². The molecule has 0 bridgehead atoms. The van der Waals surface area contributed by atoms with Gasteiger partial charge in [-0.05, 0) is 61.7 Å². The summed E-state index contributed by atoms with van der Waals surface area (Å²) in [7, 11) is 0. The zero-order valence-corrected chi connectivity index (χ0v) is 19.1. The second kappa shape index (κ2) is 6.68. The molecule has 29 heavy (non-hydrogen) atoms. The Hall–Kier alpha value is -1.64. The monoisotopic (exact) mass is 395 g/mol. The van der Waals surface area contributed by atoms with Gasteiger partial charge in [-0.1, -0.05) is 52.7 Å². The fourth-order valence-electron chi connectivity index (χ4n) is 6.96. The highest BCUT2D eigenvalue weighted by Gasteiger charge is 2.66. The van der Waals surface area contributed by atoms with Crippen LogP contribution < -0.4 is 5.32 Å². The van der Waals surface area contributed by atoms with Crippen molar-refractivity contribution in [2.45, 2.75) is 80.1 Å². The lowest BCUT2D eigenvalue weighted by Gasteiger charge is -2.61. The van der Waals surface area contributed by atoms with Gasteiger partial charge >= 0.3 is 0 Å². The van der Waals surface area contributed by atoms with Gasteiger partial charge < -0.3 is 5.32 Å². The lowest BCUT2D eigenvalue weighted by Crippen LogP contribution is -2.54. The summed E-state index contributed by atoms with van der Waals surface area (Å²) in [6, 6.07) is 0. The maximum Gasteiger partial charge on any atom is 0.205 e. The van der Waals surface area contributed by atoms with E-state index < -0.39 is 0 Å². The first-order valence-corrected chi connectivity index (χ1v) is 11.5. The lowest BCUT2D eigenvalue weighted by molar-refractivity contribution is -0.118. The molecule has 0 radical (unpaired) electrons. The molecule has 3 nitrogen and oxygen atoms in total. The van der Waals surface area contributed by atoms with Gasteiger partial charge in [-0.2, -0.15) is 0 Å². The van der Waals surface area contributed by atoms with Crippen molar-refractivity contribution in [3.8, 4) is 0 Å². The highest BCUT2D eigenvalue weighted by atomic mass is 16.1. The minimum absolute atomic E-state index is 0.0362. The van der Waals surface area contributed by atoms with Gasteiger partial charge in [-0.15, -0.1) is 0 Å². The lowest BCUT2D eigenvalue weighted by atomic mass is 9.43. The van der Waals surface area contributed by atoms with Crippen LogP contribution in [0.5, 0.6) is 0 Å². The summed E-state index contributed by atoms with van der Waals surface area (Å²) in [6.07, 6.45) is 10.2. The molecular formula is C26H37NO2. The summed E-state index contributed by atoms with van der Waals surface area (Å²) in [5, 5.41) is 3.31. The molecule has 4 aliphatic carbocycles. The molecule has 0 heterocycles. The fraction of sp³-hybridized carbons (Fsp3) is 0.692. The third kappa shape index (κ3) is 2.68. The van der Waals surface area contributed by atoms with Crippen LogP contribution in [0.1, 0.15) is 80.1 Å². The number of ketones is 2. The van der Waals surface area contributed by atoms with Gasteiger partial charge in [0.05, 0.1) is 5.70 Å². The minimum Gasteiger partial charge on any atom is -0.382 e. The van der Waals surface area contributed by atoms with Crippen LogP contribution in [0.2, 0.25) is 0 Å². The van der Waals surface area contributed by atoms with E-state index in [0.29, 0.717) is 17.5 Å². The highest BCUT2D eigenvalue weighted by Crippen LogP contribution is 2.72. The van der Waals surface area contributed by atoms with Crippen LogP contribution in [0.25, 0.3) is 0 Å². The number of Topliss-reactive ketones (excluding diaryl/α,β-unsaturated/α-hetero) is 1. The molecule has 0 unspecified atom stereocenters. The third-order valence-corrected chi connectivity index (χ3v) is 9.53. The van der Waals surface area contributed by atoms with Crippen LogP contribution in [0, 0.1) is 28.1 Å². The van der Waals surface area contributed by atoms with E-state index in [1.54, 1.807) is 6.08 Å². The van der Waals surface area contributed by atoms with Crippen molar-refractivity contribution in [1.82, 2.24) is 5.32 Å². The number of carbonyl (C=O) groups excluding carboxylic acids is 2. The molecule has 0 aromatic heterocycles. The molecule has 0 saturated heterocycles. The van der Waals surface area contributed by atoms with E-state index in [-0.39, 0.29) is 27.8 Å². The van der Waals surface area contributed by atoms with Crippen molar-refractivity contribution in [2.24, 2.45) is 28.1 Å². The Morgan fingerprint density at radius 2 is 1.93 bits per heavy atom. The topological polar surface area (TPSA) is 46.2 Å². The Labute approximate surface area is 176 Å². The molecule has 3 heteroatoms. The predicted molar refractivity (Wildman–Crippen MR) is 117 cm³/mol. The Bertz CT molecular complexity index is 862. The Kier molecular flexibility index (Phi) is 4.75. The summed E-state index contributed by atoms with van der Waals surface area (Å²) >= 11 is 0. The SMILES string of the molecule is CC[C@H](C)CNC1=CC(=O)C2=C(C1=O)[C@]1(C)CC[C@]3(C)C(C)=CCC[C@H]3[C@]1(C)C2. The van der Waals surface area contributed by atoms with Crippen molar-refractivity contribution < 1.29 is 9.59 Å². The molecule has 1 N–H and O–H groups in total. The van der Waals surface area contributed by atoms with Crippen molar-refractivity contribution in [2.75, 3.05) is 6.54 Å². The summed E-state index contributed by atoms with van der Waals surface area (Å²) in [6.45, 7) is 14.4. The second-order valence-electron chi connectivity index (χ2n) is 10.9. The zero-order valence-electron chi connectivity index (χ0n) is 19.1. The van der Waals surface area contributed by atoms with Gasteiger partial charge in [-0.25, -0.2) is 0 Å². The van der Waals surface area contributed by atoms with E-state index in [4.69, 9.17) is 0 Å². The average Bonchev–Trinajstić information content (AvgIpc) is 2.94. The molecule has 0 aromatic rings. The molecule has 158 valence electrons. The molecule has 5 atom stereocenters. The average molecular weight is 396 g/mol. The first-order valence-electron chi connectivity index (χ1n) is 11.5. The normalized spacial score (nSPS) is 40.0. The molecule has 1 saturated carbocycles. The van der Waals surface area contributed by atoms with Crippen LogP contribution in [-0.4, -0.2) is 18.1 Å². The molecule has 0 aliphatic heterocycles. The van der Waals surface area contributed by atoms with Crippen molar-refractivity contribution in [3.05, 3.63) is 34.6 Å². The standard InChI is InChI=1S/C26H37NO2/c1-7-16(2)15-27-19-13-20(28)18-14-26(6)21-10-8-9-17(3)24(21,4)11-12-25(26,5)22(18)23(19)29/h9,13,16,21,27H,7-8,10-12,14-15H2,1-6H3/t16-,21+,24+,25-,26-/m0/s1. The first kappa shape index (κ1) is 20.6. The van der Waals surface area contributed by atoms with Crippen molar-refractivity contribution in [3.63, 3.8) is 0 Å². The first-order chi connectivity index (χ1) is 13.6. The summed E-state index contributed by atoms with van der Waals surface area (Å²) in [4.78, 5) is 26.7. The number of hydrogen-bond donors (Lipinski definition) is 1. The molecule has 0 aromatic carbocycles. The fourth-order valence-corrected chi connectivity index (χ4v) is 6.96. The van der Waals surface area contributed by atoms with E-state index in [1.807, 2.05) is 0 Å². The maximum atomic E-state index is 13.6. The van der Waals surface area contributed by atoms with E-state index in [9.17, 15) is 9.59 Å². The minimum atomic E-state index is -0.214. The van der Waals surface area contributed by atoms with Crippen LogP contribution >= 0.6 is 0 Å². The van der Waals surface area contributed by atoms with Gasteiger partial charge in [0.2, 0.25) is 5.78 Å². The Morgan fingerprint density at radius 1 is 1.21 bits per heavy atom. The number of nitrogens with one attached hydrogen (secondary N) is 1. The van der Waals surface area contributed by atoms with E-state index in [1.165, 1.54) is 5.57 Å². The number of hydrogen-bond acceptors (Lipinski definition) is 3. The zero-order chi connectivity index (χ0) is 21.2. The van der Waals surface area contributed by atoms with E-state index in [2.05, 4.69) is 52.9 Å². The molecule has 0 amide bonds.